The van der Waals surface area contributed by atoms with E-state index in [0.29, 0.717) is 19.2 Å². The van der Waals surface area contributed by atoms with Crippen LogP contribution in [0.4, 0.5) is 10.5 Å². The van der Waals surface area contributed by atoms with E-state index in [1.54, 1.807) is 0 Å². The van der Waals surface area contributed by atoms with Gasteiger partial charge in [-0.25, -0.2) is 4.79 Å². The van der Waals surface area contributed by atoms with Crippen LogP contribution in [0.15, 0.2) is 24.3 Å². The van der Waals surface area contributed by atoms with Crippen molar-refractivity contribution < 1.29 is 14.3 Å². The number of carbonyl (C=O) groups excluding carboxylic acids is 2. The lowest BCUT2D eigenvalue weighted by Crippen LogP contribution is -2.55. The molecule has 1 aliphatic heterocycles. The van der Waals surface area contributed by atoms with Crippen LogP contribution < -0.4 is 21.3 Å². The first-order valence-electron chi connectivity index (χ1n) is 8.86. The molecule has 1 aromatic carbocycles. The van der Waals surface area contributed by atoms with Crippen molar-refractivity contribution >= 4 is 17.6 Å². The number of rotatable bonds is 5. The minimum absolute atomic E-state index is 0.0642. The monoisotopic (exact) mass is 346 g/mol. The van der Waals surface area contributed by atoms with Gasteiger partial charge in [-0.2, -0.15) is 0 Å². The molecule has 1 heterocycles. The summed E-state index contributed by atoms with van der Waals surface area (Å²) in [6.45, 7) is 5.14. The molecule has 1 saturated heterocycles. The van der Waals surface area contributed by atoms with Crippen LogP contribution >= 0.6 is 0 Å². The maximum Gasteiger partial charge on any atom is 0.319 e. The number of amides is 3. The van der Waals surface area contributed by atoms with Gasteiger partial charge in [0.2, 0.25) is 5.91 Å². The minimum atomic E-state index is -0.330. The fourth-order valence-corrected chi connectivity index (χ4v) is 2.85. The van der Waals surface area contributed by atoms with E-state index < -0.39 is 0 Å². The molecule has 25 heavy (non-hydrogen) atoms. The molecule has 7 heteroatoms. The van der Waals surface area contributed by atoms with Gasteiger partial charge in [0.05, 0.1) is 18.8 Å². The number of hydrogen-bond donors (Lipinski definition) is 4. The van der Waals surface area contributed by atoms with Crippen molar-refractivity contribution in [3.63, 3.8) is 0 Å². The summed E-state index contributed by atoms with van der Waals surface area (Å²) in [7, 11) is 0. The Kier molecular flexibility index (Phi) is 5.55. The minimum Gasteiger partial charge on any atom is -0.375 e. The van der Waals surface area contributed by atoms with Gasteiger partial charge in [-0.1, -0.05) is 12.1 Å². The van der Waals surface area contributed by atoms with E-state index in [0.717, 1.165) is 24.1 Å². The Morgan fingerprint density at radius 3 is 2.60 bits per heavy atom. The van der Waals surface area contributed by atoms with E-state index >= 15 is 0 Å². The molecule has 3 rings (SSSR count). The fraction of sp³-hybridized carbons (Fsp3) is 0.556. The van der Waals surface area contributed by atoms with E-state index in [-0.39, 0.29) is 30.1 Å². The molecule has 4 N–H and O–H groups in total. The predicted molar refractivity (Wildman–Crippen MR) is 95.4 cm³/mol. The van der Waals surface area contributed by atoms with Crippen LogP contribution in [0.3, 0.4) is 0 Å². The zero-order valence-corrected chi connectivity index (χ0v) is 14.7. The SMILES string of the molecule is CC(NC(=O)[C@H]1NCCO[C@@H]1C)c1ccc(NC(=O)NC2CC2)cc1. The van der Waals surface area contributed by atoms with Gasteiger partial charge in [0.25, 0.3) is 0 Å². The summed E-state index contributed by atoms with van der Waals surface area (Å²) >= 11 is 0. The van der Waals surface area contributed by atoms with Gasteiger partial charge in [0.1, 0.15) is 6.04 Å². The number of ether oxygens (including phenoxy) is 1. The molecule has 1 unspecified atom stereocenters. The molecular formula is C18H26N4O3. The van der Waals surface area contributed by atoms with Gasteiger partial charge in [-0.3, -0.25) is 4.79 Å². The second-order valence-electron chi connectivity index (χ2n) is 6.73. The molecule has 2 aliphatic rings. The maximum absolute atomic E-state index is 12.4. The highest BCUT2D eigenvalue weighted by molar-refractivity contribution is 5.89. The van der Waals surface area contributed by atoms with Gasteiger partial charge < -0.3 is 26.0 Å². The first kappa shape index (κ1) is 17.7. The van der Waals surface area contributed by atoms with Crippen molar-refractivity contribution in [2.45, 2.75) is 50.9 Å². The van der Waals surface area contributed by atoms with Crippen molar-refractivity contribution in [3.05, 3.63) is 29.8 Å². The standard InChI is InChI=1S/C18H26N4O3/c1-11(20-17(23)16-12(2)25-10-9-19-16)13-3-5-14(6-4-13)21-18(24)22-15-7-8-15/h3-6,11-12,15-16,19H,7-10H2,1-2H3,(H,20,23)(H2,21,22,24)/t11?,12-,16+/m1/s1. The fourth-order valence-electron chi connectivity index (χ4n) is 2.85. The smallest absolute Gasteiger partial charge is 0.319 e. The summed E-state index contributed by atoms with van der Waals surface area (Å²) in [6, 6.07) is 7.20. The average Bonchev–Trinajstić information content (AvgIpc) is 3.39. The summed E-state index contributed by atoms with van der Waals surface area (Å²) in [5.74, 6) is -0.0642. The Hall–Kier alpha value is -2.12. The van der Waals surface area contributed by atoms with E-state index in [1.165, 1.54) is 0 Å². The van der Waals surface area contributed by atoms with Gasteiger partial charge in [-0.05, 0) is 44.4 Å². The summed E-state index contributed by atoms with van der Waals surface area (Å²) < 4.78 is 5.51. The van der Waals surface area contributed by atoms with E-state index in [9.17, 15) is 9.59 Å². The molecule has 3 atom stereocenters. The number of anilines is 1. The Morgan fingerprint density at radius 1 is 1.24 bits per heavy atom. The second-order valence-corrected chi connectivity index (χ2v) is 6.73. The van der Waals surface area contributed by atoms with Crippen LogP contribution in [0.2, 0.25) is 0 Å². The summed E-state index contributed by atoms with van der Waals surface area (Å²) in [4.78, 5) is 24.1. The number of hydrogen-bond acceptors (Lipinski definition) is 4. The number of morpholine rings is 1. The topological polar surface area (TPSA) is 91.5 Å². The Bertz CT molecular complexity index is 615. The van der Waals surface area contributed by atoms with Crippen molar-refractivity contribution in [3.8, 4) is 0 Å². The first-order chi connectivity index (χ1) is 12.0. The van der Waals surface area contributed by atoms with Crippen molar-refractivity contribution in [2.24, 2.45) is 0 Å². The molecule has 0 radical (unpaired) electrons. The maximum atomic E-state index is 12.4. The van der Waals surface area contributed by atoms with Crippen LogP contribution in [-0.2, 0) is 9.53 Å². The van der Waals surface area contributed by atoms with E-state index in [1.807, 2.05) is 38.1 Å². The lowest BCUT2D eigenvalue weighted by atomic mass is 10.1. The zero-order chi connectivity index (χ0) is 17.8. The largest absolute Gasteiger partial charge is 0.375 e. The van der Waals surface area contributed by atoms with Gasteiger partial charge in [0.15, 0.2) is 0 Å². The molecule has 7 nitrogen and oxygen atoms in total. The van der Waals surface area contributed by atoms with Crippen LogP contribution in [0.1, 0.15) is 38.3 Å². The van der Waals surface area contributed by atoms with Gasteiger partial charge in [0, 0.05) is 18.3 Å². The van der Waals surface area contributed by atoms with E-state index in [2.05, 4.69) is 21.3 Å². The molecular weight excluding hydrogens is 320 g/mol. The highest BCUT2D eigenvalue weighted by Gasteiger charge is 2.29. The average molecular weight is 346 g/mol. The van der Waals surface area contributed by atoms with Crippen molar-refractivity contribution in [2.75, 3.05) is 18.5 Å². The van der Waals surface area contributed by atoms with Crippen LogP contribution in [0.25, 0.3) is 0 Å². The van der Waals surface area contributed by atoms with E-state index in [4.69, 9.17) is 4.74 Å². The zero-order valence-electron chi connectivity index (χ0n) is 14.7. The third-order valence-corrected chi connectivity index (χ3v) is 4.54. The quantitative estimate of drug-likeness (QED) is 0.651. The van der Waals surface area contributed by atoms with Gasteiger partial charge in [-0.15, -0.1) is 0 Å². The third-order valence-electron chi connectivity index (χ3n) is 4.54. The van der Waals surface area contributed by atoms with Crippen molar-refractivity contribution in [1.29, 1.82) is 0 Å². The molecule has 0 spiro atoms. The molecule has 0 bridgehead atoms. The number of benzene rings is 1. The lowest BCUT2D eigenvalue weighted by molar-refractivity contribution is -0.129. The molecule has 1 aliphatic carbocycles. The van der Waals surface area contributed by atoms with Crippen molar-refractivity contribution in [1.82, 2.24) is 16.0 Å². The molecule has 136 valence electrons. The Morgan fingerprint density at radius 2 is 1.96 bits per heavy atom. The Balaban J connectivity index is 1.52. The normalized spacial score (nSPS) is 24.2. The molecule has 3 amide bonds. The molecule has 1 saturated carbocycles. The number of urea groups is 1. The highest BCUT2D eigenvalue weighted by atomic mass is 16.5. The number of nitrogens with one attached hydrogen (secondary N) is 4. The first-order valence-corrected chi connectivity index (χ1v) is 8.86. The molecule has 2 fully saturated rings. The van der Waals surface area contributed by atoms with Crippen LogP contribution in [0, 0.1) is 0 Å². The summed E-state index contributed by atoms with van der Waals surface area (Å²) in [5.41, 5.74) is 1.71. The second kappa shape index (κ2) is 7.84. The number of carbonyl (C=O) groups is 2. The van der Waals surface area contributed by atoms with Crippen LogP contribution in [-0.4, -0.2) is 43.3 Å². The molecule has 1 aromatic rings. The lowest BCUT2D eigenvalue weighted by Gasteiger charge is -2.30. The Labute approximate surface area is 147 Å². The third kappa shape index (κ3) is 4.93. The van der Waals surface area contributed by atoms with Gasteiger partial charge >= 0.3 is 6.03 Å². The summed E-state index contributed by atoms with van der Waals surface area (Å²) in [5, 5.41) is 11.9. The van der Waals surface area contributed by atoms with Crippen LogP contribution in [0.5, 0.6) is 0 Å². The predicted octanol–water partition coefficient (Wildman–Crippen LogP) is 1.52. The summed E-state index contributed by atoms with van der Waals surface area (Å²) in [6.07, 6.45) is 1.98. The molecule has 0 aromatic heterocycles. The highest BCUT2D eigenvalue weighted by Crippen LogP contribution is 2.20.